The molecule has 1 aromatic heterocycles. The lowest BCUT2D eigenvalue weighted by molar-refractivity contribution is 0.174. The highest BCUT2D eigenvalue weighted by atomic mass is 79.9. The van der Waals surface area contributed by atoms with Crippen LogP contribution in [0.1, 0.15) is 24.3 Å². The van der Waals surface area contributed by atoms with E-state index < -0.39 is 0 Å². The third-order valence-corrected chi connectivity index (χ3v) is 4.81. The molecule has 0 amide bonds. The molecular formula is C14H15BrClNOS. The van der Waals surface area contributed by atoms with Crippen molar-refractivity contribution in [1.82, 2.24) is 0 Å². The average molecular weight is 361 g/mol. The molecule has 0 aliphatic rings. The summed E-state index contributed by atoms with van der Waals surface area (Å²) in [5, 5.41) is 2.73. The van der Waals surface area contributed by atoms with Gasteiger partial charge in [0.15, 0.2) is 0 Å². The molecule has 2 rings (SSSR count). The Kier molecular flexibility index (Phi) is 5.28. The first-order valence-electron chi connectivity index (χ1n) is 6.02. The molecule has 2 nitrogen and oxygen atoms in total. The quantitative estimate of drug-likeness (QED) is 0.812. The summed E-state index contributed by atoms with van der Waals surface area (Å²) in [5.74, 6) is 0.780. The van der Waals surface area contributed by atoms with Crippen LogP contribution in [-0.4, -0.2) is 6.04 Å². The zero-order chi connectivity index (χ0) is 13.8. The molecule has 1 heterocycles. The van der Waals surface area contributed by atoms with Crippen LogP contribution in [-0.2, 0) is 0 Å². The maximum absolute atomic E-state index is 6.18. The topological polar surface area (TPSA) is 35.2 Å². The summed E-state index contributed by atoms with van der Waals surface area (Å²) in [6, 6.07) is 9.37. The number of hydrogen-bond acceptors (Lipinski definition) is 3. The first-order valence-corrected chi connectivity index (χ1v) is 8.07. The van der Waals surface area contributed by atoms with E-state index >= 15 is 0 Å². The first-order chi connectivity index (χ1) is 9.10. The van der Waals surface area contributed by atoms with Crippen molar-refractivity contribution in [2.75, 3.05) is 0 Å². The highest BCUT2D eigenvalue weighted by Gasteiger charge is 2.22. The maximum atomic E-state index is 6.18. The van der Waals surface area contributed by atoms with E-state index in [1.165, 1.54) is 0 Å². The number of benzene rings is 1. The van der Waals surface area contributed by atoms with Crippen molar-refractivity contribution in [2.45, 2.75) is 25.5 Å². The molecule has 0 saturated heterocycles. The standard InChI is InChI=1S/C14H15BrClNOS/c1-2-12(17)14(13-7-9(15)8-19-13)18-11-5-3-10(16)4-6-11/h3-8,12,14H,2,17H2,1H3. The molecule has 0 spiro atoms. The van der Waals surface area contributed by atoms with Gasteiger partial charge in [-0.25, -0.2) is 0 Å². The minimum atomic E-state index is -0.137. The molecule has 0 fully saturated rings. The van der Waals surface area contributed by atoms with Gasteiger partial charge in [-0.1, -0.05) is 18.5 Å². The fourth-order valence-electron chi connectivity index (χ4n) is 1.71. The van der Waals surface area contributed by atoms with Crippen LogP contribution < -0.4 is 10.5 Å². The van der Waals surface area contributed by atoms with Crippen LogP contribution in [0.5, 0.6) is 5.75 Å². The Morgan fingerprint density at radius 2 is 2.05 bits per heavy atom. The monoisotopic (exact) mass is 359 g/mol. The van der Waals surface area contributed by atoms with Crippen molar-refractivity contribution in [3.63, 3.8) is 0 Å². The van der Waals surface area contributed by atoms with Crippen molar-refractivity contribution in [2.24, 2.45) is 5.73 Å². The van der Waals surface area contributed by atoms with Crippen LogP contribution in [0.3, 0.4) is 0 Å². The van der Waals surface area contributed by atoms with Crippen LogP contribution in [0.2, 0.25) is 5.02 Å². The van der Waals surface area contributed by atoms with Crippen molar-refractivity contribution in [3.05, 3.63) is 50.1 Å². The number of rotatable bonds is 5. The lowest BCUT2D eigenvalue weighted by Crippen LogP contribution is -2.30. The molecule has 102 valence electrons. The largest absolute Gasteiger partial charge is 0.483 e. The second-order valence-corrected chi connectivity index (χ2v) is 6.53. The van der Waals surface area contributed by atoms with E-state index in [0.717, 1.165) is 21.5 Å². The first kappa shape index (κ1) is 14.9. The molecule has 0 aliphatic heterocycles. The second-order valence-electron chi connectivity index (χ2n) is 4.23. The van der Waals surface area contributed by atoms with Gasteiger partial charge in [-0.3, -0.25) is 0 Å². The molecule has 2 aromatic rings. The van der Waals surface area contributed by atoms with E-state index in [-0.39, 0.29) is 12.1 Å². The average Bonchev–Trinajstić information content (AvgIpc) is 2.83. The minimum absolute atomic E-state index is 0.0405. The van der Waals surface area contributed by atoms with Crippen molar-refractivity contribution < 1.29 is 4.74 Å². The summed E-state index contributed by atoms with van der Waals surface area (Å²) in [6.07, 6.45) is 0.718. The van der Waals surface area contributed by atoms with Crippen LogP contribution >= 0.6 is 38.9 Å². The number of hydrogen-bond donors (Lipinski definition) is 1. The summed E-state index contributed by atoms with van der Waals surface area (Å²) < 4.78 is 7.08. The SMILES string of the molecule is CCC(N)C(Oc1ccc(Cl)cc1)c1cc(Br)cs1. The van der Waals surface area contributed by atoms with Gasteiger partial charge in [0.2, 0.25) is 0 Å². The molecule has 2 atom stereocenters. The second kappa shape index (κ2) is 6.75. The summed E-state index contributed by atoms with van der Waals surface area (Å²) in [6.45, 7) is 2.06. The van der Waals surface area contributed by atoms with E-state index in [2.05, 4.69) is 28.9 Å². The Balaban J connectivity index is 2.21. The number of nitrogens with two attached hydrogens (primary N) is 1. The van der Waals surface area contributed by atoms with Crippen molar-refractivity contribution in [1.29, 1.82) is 0 Å². The molecule has 5 heteroatoms. The van der Waals surface area contributed by atoms with E-state index in [0.29, 0.717) is 5.02 Å². The summed E-state index contributed by atoms with van der Waals surface area (Å²) >= 11 is 11.0. The molecule has 19 heavy (non-hydrogen) atoms. The molecule has 0 bridgehead atoms. The molecule has 0 radical (unpaired) electrons. The molecule has 0 aliphatic carbocycles. The van der Waals surface area contributed by atoms with Crippen LogP contribution in [0.25, 0.3) is 0 Å². The van der Waals surface area contributed by atoms with E-state index in [9.17, 15) is 0 Å². The predicted molar refractivity (Wildman–Crippen MR) is 85.1 cm³/mol. The van der Waals surface area contributed by atoms with Gasteiger partial charge in [0.25, 0.3) is 0 Å². The zero-order valence-corrected chi connectivity index (χ0v) is 13.6. The lowest BCUT2D eigenvalue weighted by atomic mass is 10.1. The van der Waals surface area contributed by atoms with Crippen LogP contribution in [0.4, 0.5) is 0 Å². The Morgan fingerprint density at radius 3 is 2.58 bits per heavy atom. The van der Waals surface area contributed by atoms with Crippen LogP contribution in [0.15, 0.2) is 40.2 Å². The van der Waals surface area contributed by atoms with Gasteiger partial charge in [-0.2, -0.15) is 0 Å². The smallest absolute Gasteiger partial charge is 0.148 e. The molecule has 2 N–H and O–H groups in total. The zero-order valence-electron chi connectivity index (χ0n) is 10.5. The number of halogens is 2. The third kappa shape index (κ3) is 3.96. The highest BCUT2D eigenvalue weighted by Crippen LogP contribution is 2.32. The minimum Gasteiger partial charge on any atom is -0.483 e. The Morgan fingerprint density at radius 1 is 1.37 bits per heavy atom. The van der Waals surface area contributed by atoms with Gasteiger partial charge in [-0.15, -0.1) is 11.3 Å². The summed E-state index contributed by atoms with van der Waals surface area (Å²) in [5.41, 5.74) is 6.18. The molecule has 0 saturated carbocycles. The maximum Gasteiger partial charge on any atom is 0.148 e. The molecular weight excluding hydrogens is 346 g/mol. The Bertz CT molecular complexity index is 528. The van der Waals surface area contributed by atoms with Gasteiger partial charge in [0.05, 0.1) is 0 Å². The van der Waals surface area contributed by atoms with Crippen molar-refractivity contribution in [3.8, 4) is 5.75 Å². The highest BCUT2D eigenvalue weighted by molar-refractivity contribution is 9.10. The van der Waals surface area contributed by atoms with E-state index in [1.807, 2.05) is 29.6 Å². The Labute approximate surface area is 130 Å². The number of ether oxygens (including phenoxy) is 1. The lowest BCUT2D eigenvalue weighted by Gasteiger charge is -2.23. The summed E-state index contributed by atoms with van der Waals surface area (Å²) in [4.78, 5) is 1.12. The van der Waals surface area contributed by atoms with Gasteiger partial charge in [-0.05, 0) is 52.7 Å². The van der Waals surface area contributed by atoms with Gasteiger partial charge in [0, 0.05) is 25.8 Å². The van der Waals surface area contributed by atoms with E-state index in [4.69, 9.17) is 22.1 Å². The normalized spacial score (nSPS) is 14.1. The number of thiophene rings is 1. The molecule has 2 unspecified atom stereocenters. The fraction of sp³-hybridized carbons (Fsp3) is 0.286. The Hall–Kier alpha value is -0.550. The van der Waals surface area contributed by atoms with Gasteiger partial charge in [0.1, 0.15) is 11.9 Å². The third-order valence-electron chi connectivity index (χ3n) is 2.81. The van der Waals surface area contributed by atoms with Crippen molar-refractivity contribution >= 4 is 38.9 Å². The summed E-state index contributed by atoms with van der Waals surface area (Å²) in [7, 11) is 0. The molecule has 1 aromatic carbocycles. The van der Waals surface area contributed by atoms with E-state index in [1.54, 1.807) is 11.3 Å². The predicted octanol–water partition coefficient (Wildman–Crippen LogP) is 5.02. The van der Waals surface area contributed by atoms with Crippen LogP contribution in [0, 0.1) is 0 Å². The van der Waals surface area contributed by atoms with Gasteiger partial charge >= 0.3 is 0 Å². The van der Waals surface area contributed by atoms with Gasteiger partial charge < -0.3 is 10.5 Å². The fourth-order valence-corrected chi connectivity index (χ4v) is 3.38.